The van der Waals surface area contributed by atoms with E-state index < -0.39 is 42.3 Å². The maximum Gasteiger partial charge on any atom is 0.309 e. The zero-order valence-corrected chi connectivity index (χ0v) is 28.3. The third-order valence-electron chi connectivity index (χ3n) is 7.11. The van der Waals surface area contributed by atoms with Crippen LogP contribution in [0.3, 0.4) is 0 Å². The molecular formula is C47H97NO9. The van der Waals surface area contributed by atoms with Gasteiger partial charge in [-0.2, -0.15) is 5.26 Å². The number of allylic oxidation sites excluding steroid dienone is 1. The third-order valence-corrected chi connectivity index (χ3v) is 7.11. The molecule has 0 spiro atoms. The van der Waals surface area contributed by atoms with E-state index >= 15 is 0 Å². The number of nitriles is 1. The number of Topliss-reactive ketones (excluding diaryl/α,β-unsaturated/α-hetero) is 1. The van der Waals surface area contributed by atoms with Crippen LogP contribution in [-0.2, 0) is 38.1 Å². The number of ketones is 1. The molecular weight excluding hydrogens is 723 g/mol. The second-order valence-corrected chi connectivity index (χ2v) is 11.5. The molecule has 0 fully saturated rings. The lowest BCUT2D eigenvalue weighted by molar-refractivity contribution is -0.161. The van der Waals surface area contributed by atoms with Crippen molar-refractivity contribution < 1.29 is 42.9 Å². The number of unbranched alkanes of at least 4 members (excludes halogenated alkanes) is 5. The summed E-state index contributed by atoms with van der Waals surface area (Å²) in [7, 11) is 1.46. The van der Waals surface area contributed by atoms with Crippen molar-refractivity contribution in [1.29, 1.82) is 5.26 Å². The predicted molar refractivity (Wildman–Crippen MR) is 248 cm³/mol. The van der Waals surface area contributed by atoms with E-state index in [0.29, 0.717) is 24.2 Å². The van der Waals surface area contributed by atoms with Gasteiger partial charge in [0.1, 0.15) is 42.6 Å². The molecule has 10 nitrogen and oxygen atoms in total. The highest BCUT2D eigenvalue weighted by atomic mass is 16.6. The van der Waals surface area contributed by atoms with Gasteiger partial charge in [0, 0.05) is 20.0 Å². The van der Waals surface area contributed by atoms with Gasteiger partial charge in [0.2, 0.25) is 0 Å². The van der Waals surface area contributed by atoms with E-state index in [0.717, 1.165) is 25.7 Å². The monoisotopic (exact) mass is 820 g/mol. The summed E-state index contributed by atoms with van der Waals surface area (Å²) in [5, 5.41) is 8.91. The van der Waals surface area contributed by atoms with Crippen LogP contribution in [0.4, 0.5) is 0 Å². The minimum Gasteiger partial charge on any atom is -0.491 e. The summed E-state index contributed by atoms with van der Waals surface area (Å²) < 4.78 is 27.6. The van der Waals surface area contributed by atoms with Crippen LogP contribution < -0.4 is 4.74 Å². The summed E-state index contributed by atoms with van der Waals surface area (Å²) in [5.41, 5.74) is 0.508. The quantitative estimate of drug-likeness (QED) is 0.0405. The normalized spacial score (nSPS) is 11.0. The Morgan fingerprint density at radius 3 is 1.67 bits per heavy atom. The van der Waals surface area contributed by atoms with Crippen molar-refractivity contribution in [2.45, 2.75) is 217 Å². The molecule has 0 aromatic heterocycles. The first-order valence-electron chi connectivity index (χ1n) is 16.5. The number of hydrogen-bond donors (Lipinski definition) is 0. The molecule has 1 aromatic rings. The second kappa shape index (κ2) is 50.3. The number of hydrogen-bond acceptors (Lipinski definition) is 10. The number of methoxy groups -OCH3 is 1. The van der Waals surface area contributed by atoms with Crippen LogP contribution in [0.2, 0.25) is 0 Å². The molecule has 0 aliphatic rings. The molecule has 57 heavy (non-hydrogen) atoms. The summed E-state index contributed by atoms with van der Waals surface area (Å²) in [5.74, 6) is -1.21. The van der Waals surface area contributed by atoms with Crippen LogP contribution in [0, 0.1) is 11.3 Å². The molecule has 0 N–H and O–H groups in total. The van der Waals surface area contributed by atoms with Gasteiger partial charge in [0.25, 0.3) is 0 Å². The molecule has 0 amide bonds. The van der Waals surface area contributed by atoms with Crippen molar-refractivity contribution in [1.82, 2.24) is 0 Å². The molecule has 0 radical (unpaired) electrons. The number of rotatable bonds is 25. The molecule has 0 saturated carbocycles. The van der Waals surface area contributed by atoms with Gasteiger partial charge >= 0.3 is 17.9 Å². The van der Waals surface area contributed by atoms with Crippen molar-refractivity contribution in [3.8, 4) is 11.8 Å². The van der Waals surface area contributed by atoms with E-state index in [-0.39, 0.29) is 120 Å². The molecule has 0 saturated heterocycles. The molecule has 4 atom stereocenters. The van der Waals surface area contributed by atoms with Crippen molar-refractivity contribution >= 4 is 23.7 Å². The van der Waals surface area contributed by atoms with Crippen molar-refractivity contribution in [3.63, 3.8) is 0 Å². The Morgan fingerprint density at radius 1 is 0.649 bits per heavy atom. The number of nitrogens with zero attached hydrogens (tertiary/aromatic N) is 1. The van der Waals surface area contributed by atoms with Crippen LogP contribution in [0.1, 0.15) is 198 Å². The van der Waals surface area contributed by atoms with Gasteiger partial charge in [-0.05, 0) is 57.4 Å². The van der Waals surface area contributed by atoms with Gasteiger partial charge in [0.05, 0.1) is 30.9 Å². The molecule has 0 aliphatic heterocycles. The minimum atomic E-state index is -0.760. The SMILES string of the molecule is C.C.C.C.C.C.C.C.C.C.C.CCCCCCC=CCC(CC(C)=O)OC(=O)CC(CCCC)OC(=O)CC(C)OC(=O)CC(COc1ccc(C#N)cc1)OC. The van der Waals surface area contributed by atoms with E-state index in [1.165, 1.54) is 33.3 Å². The Morgan fingerprint density at radius 2 is 1.16 bits per heavy atom. The van der Waals surface area contributed by atoms with Crippen LogP contribution in [-0.4, -0.2) is 61.8 Å². The zero-order chi connectivity index (χ0) is 34.2. The first-order valence-corrected chi connectivity index (χ1v) is 16.5. The lowest BCUT2D eigenvalue weighted by atomic mass is 10.1. The van der Waals surface area contributed by atoms with Gasteiger partial charge in [-0.15, -0.1) is 0 Å². The van der Waals surface area contributed by atoms with E-state index in [2.05, 4.69) is 13.0 Å². The first kappa shape index (κ1) is 81.5. The molecule has 0 aliphatic carbocycles. The fourth-order valence-corrected chi connectivity index (χ4v) is 4.60. The maximum absolute atomic E-state index is 12.8. The summed E-state index contributed by atoms with van der Waals surface area (Å²) in [6.07, 6.45) is 9.31. The average molecular weight is 820 g/mol. The number of benzene rings is 1. The maximum atomic E-state index is 12.8. The summed E-state index contributed by atoms with van der Waals surface area (Å²) >= 11 is 0. The molecule has 1 rings (SSSR count). The molecule has 4 unspecified atom stereocenters. The highest BCUT2D eigenvalue weighted by molar-refractivity contribution is 5.77. The lowest BCUT2D eigenvalue weighted by Crippen LogP contribution is -2.29. The Bertz CT molecular complexity index is 1110. The molecule has 1 aromatic carbocycles. The highest BCUT2D eigenvalue weighted by Gasteiger charge is 2.24. The van der Waals surface area contributed by atoms with E-state index in [1.807, 2.05) is 19.1 Å². The van der Waals surface area contributed by atoms with Gasteiger partial charge < -0.3 is 23.7 Å². The molecule has 0 heterocycles. The van der Waals surface area contributed by atoms with Gasteiger partial charge in [-0.25, -0.2) is 0 Å². The fourth-order valence-electron chi connectivity index (χ4n) is 4.60. The molecule has 10 heteroatoms. The highest BCUT2D eigenvalue weighted by Crippen LogP contribution is 2.17. The van der Waals surface area contributed by atoms with E-state index in [4.69, 9.17) is 28.9 Å². The van der Waals surface area contributed by atoms with Crippen LogP contribution >= 0.6 is 0 Å². The van der Waals surface area contributed by atoms with E-state index in [1.54, 1.807) is 31.2 Å². The Labute approximate surface area is 355 Å². The standard InChI is InChI=1S/C36H53NO9.11CH4/c1-6-8-10-11-12-13-14-16-31(21-27(3)38)45-36(41)23-32(15-9-7-2)46-34(39)22-28(4)44-35(40)24-33(42-5)26-43-30-19-17-29(25-37)18-20-30;;;;;;;;;;;/h13-14,17-20,28,31-33H,6-12,15-16,21-24,26H2,1-5H3;11*1H4. The largest absolute Gasteiger partial charge is 0.491 e. The number of carbonyl (C=O) groups excluding carboxylic acids is 4. The van der Waals surface area contributed by atoms with Crippen LogP contribution in [0.5, 0.6) is 5.75 Å². The minimum absolute atomic E-state index is 0. The Hall–Kier alpha value is -3.71. The third kappa shape index (κ3) is 41.7. The fraction of sp³-hybridized carbons (Fsp3) is 0.723. The topological polar surface area (TPSA) is 138 Å². The summed E-state index contributed by atoms with van der Waals surface area (Å²) in [4.78, 5) is 49.8. The van der Waals surface area contributed by atoms with Gasteiger partial charge in [-0.3, -0.25) is 19.2 Å². The Kier molecular flexibility index (Phi) is 71.9. The van der Waals surface area contributed by atoms with Gasteiger partial charge in [0.15, 0.2) is 0 Å². The molecule has 0 bridgehead atoms. The van der Waals surface area contributed by atoms with Crippen molar-refractivity contribution in [2.24, 2.45) is 0 Å². The van der Waals surface area contributed by atoms with Crippen molar-refractivity contribution in [2.75, 3.05) is 13.7 Å². The number of carbonyl (C=O) groups is 4. The van der Waals surface area contributed by atoms with Crippen LogP contribution in [0.15, 0.2) is 36.4 Å². The van der Waals surface area contributed by atoms with Crippen LogP contribution in [0.25, 0.3) is 0 Å². The smallest absolute Gasteiger partial charge is 0.309 e. The van der Waals surface area contributed by atoms with Crippen molar-refractivity contribution in [3.05, 3.63) is 42.0 Å². The average Bonchev–Trinajstić information content (AvgIpc) is 3.01. The molecule has 344 valence electrons. The van der Waals surface area contributed by atoms with E-state index in [9.17, 15) is 19.2 Å². The number of esters is 3. The predicted octanol–water partition coefficient (Wildman–Crippen LogP) is 14.0. The second-order valence-electron chi connectivity index (χ2n) is 11.5. The summed E-state index contributed by atoms with van der Waals surface area (Å²) in [6.45, 7) is 7.31. The zero-order valence-electron chi connectivity index (χ0n) is 28.3. The lowest BCUT2D eigenvalue weighted by Gasteiger charge is -2.21. The summed E-state index contributed by atoms with van der Waals surface area (Å²) in [6, 6.07) is 8.60. The van der Waals surface area contributed by atoms with Gasteiger partial charge in [-0.1, -0.05) is 140 Å². The number of ether oxygens (including phenoxy) is 5. The Balaban J connectivity index is -0.000000214. The first-order chi connectivity index (χ1) is 22.1.